The maximum Gasteiger partial charge on any atom is 0.245 e. The zero-order valence-corrected chi connectivity index (χ0v) is 14.7. The molecule has 3 amide bonds. The van der Waals surface area contributed by atoms with Crippen LogP contribution in [-0.2, 0) is 30.4 Å². The molecule has 0 aromatic heterocycles. The Bertz CT molecular complexity index is 565. The van der Waals surface area contributed by atoms with E-state index in [1.54, 1.807) is 0 Å². The number of carbonyl (C=O) groups excluding carboxylic acids is 3. The molecule has 8 nitrogen and oxygen atoms in total. The zero-order valence-electron chi connectivity index (χ0n) is 14.7. The second kappa shape index (κ2) is 11.2. The van der Waals surface area contributed by atoms with Crippen LogP contribution in [0.2, 0.25) is 0 Å². The van der Waals surface area contributed by atoms with Crippen LogP contribution in [0.25, 0.3) is 0 Å². The highest BCUT2D eigenvalue weighted by Crippen LogP contribution is 1.98. The zero-order chi connectivity index (χ0) is 18.7. The van der Waals surface area contributed by atoms with E-state index < -0.39 is 18.0 Å². The van der Waals surface area contributed by atoms with Crippen LogP contribution >= 0.6 is 0 Å². The van der Waals surface area contributed by atoms with Crippen LogP contribution in [0.15, 0.2) is 30.3 Å². The highest BCUT2D eigenvalue weighted by atomic mass is 16.5. The lowest BCUT2D eigenvalue weighted by Gasteiger charge is -2.22. The minimum Gasteiger partial charge on any atom is -0.382 e. The number of hydrogen-bond acceptors (Lipinski definition) is 5. The lowest BCUT2D eigenvalue weighted by Crippen LogP contribution is -2.56. The topological polar surface area (TPSA) is 106 Å². The minimum absolute atomic E-state index is 0.00322. The molecule has 0 aliphatic heterocycles. The van der Waals surface area contributed by atoms with Gasteiger partial charge in [0.25, 0.3) is 0 Å². The summed E-state index contributed by atoms with van der Waals surface area (Å²) >= 11 is 0. The largest absolute Gasteiger partial charge is 0.382 e. The second-order valence-corrected chi connectivity index (χ2v) is 5.43. The van der Waals surface area contributed by atoms with Crippen molar-refractivity contribution in [2.75, 3.05) is 27.4 Å². The number of nitrogens with one attached hydrogen (secondary N) is 3. The molecule has 1 aromatic carbocycles. The molecular weight excluding hydrogens is 326 g/mol. The van der Waals surface area contributed by atoms with E-state index in [4.69, 9.17) is 9.47 Å². The average Bonchev–Trinajstić information content (AvgIpc) is 2.59. The second-order valence-electron chi connectivity index (χ2n) is 5.43. The van der Waals surface area contributed by atoms with Crippen molar-refractivity contribution in [2.24, 2.45) is 0 Å². The quantitative estimate of drug-likeness (QED) is 0.531. The molecule has 0 spiro atoms. The van der Waals surface area contributed by atoms with Crippen molar-refractivity contribution in [2.45, 2.75) is 25.6 Å². The summed E-state index contributed by atoms with van der Waals surface area (Å²) in [5, 5.41) is 7.80. The van der Waals surface area contributed by atoms with Gasteiger partial charge in [-0.1, -0.05) is 30.3 Å². The standard InChI is InChI=1S/C17H25N3O5/c1-12(21)19-15(11-25-3)17(23)20-14(10-24-2)16(22)18-9-13-7-5-4-6-8-13/h4-8,14-15H,9-11H2,1-3H3,(H,18,22)(H,19,21)(H,20,23)/t14-,15+/m1/s1. The summed E-state index contributed by atoms with van der Waals surface area (Å²) in [5.41, 5.74) is 0.939. The van der Waals surface area contributed by atoms with E-state index in [0.29, 0.717) is 6.54 Å². The molecule has 0 unspecified atom stereocenters. The van der Waals surface area contributed by atoms with Crippen LogP contribution < -0.4 is 16.0 Å². The van der Waals surface area contributed by atoms with Crippen molar-refractivity contribution in [3.05, 3.63) is 35.9 Å². The first-order chi connectivity index (χ1) is 12.0. The Hall–Kier alpha value is -2.45. The molecule has 25 heavy (non-hydrogen) atoms. The number of hydrogen-bond donors (Lipinski definition) is 3. The van der Waals surface area contributed by atoms with Crippen LogP contribution in [0.1, 0.15) is 12.5 Å². The highest BCUT2D eigenvalue weighted by molar-refractivity contribution is 5.91. The molecule has 0 saturated carbocycles. The summed E-state index contributed by atoms with van der Waals surface area (Å²) in [6.45, 7) is 1.64. The van der Waals surface area contributed by atoms with Gasteiger partial charge in [-0.15, -0.1) is 0 Å². The molecule has 1 rings (SSSR count). The maximum atomic E-state index is 12.3. The van der Waals surface area contributed by atoms with Gasteiger partial charge in [-0.3, -0.25) is 14.4 Å². The molecule has 0 aliphatic carbocycles. The van der Waals surface area contributed by atoms with Gasteiger partial charge in [0.1, 0.15) is 12.1 Å². The van der Waals surface area contributed by atoms with Gasteiger partial charge < -0.3 is 25.4 Å². The average molecular weight is 351 g/mol. The molecule has 1 aromatic rings. The van der Waals surface area contributed by atoms with Crippen LogP contribution in [0.4, 0.5) is 0 Å². The van der Waals surface area contributed by atoms with E-state index in [2.05, 4.69) is 16.0 Å². The molecule has 0 fully saturated rings. The molecule has 8 heteroatoms. The molecular formula is C17H25N3O5. The number of amides is 3. The van der Waals surface area contributed by atoms with E-state index in [1.807, 2.05) is 30.3 Å². The Kier molecular flexibility index (Phi) is 9.20. The van der Waals surface area contributed by atoms with Crippen LogP contribution in [0.5, 0.6) is 0 Å². The van der Waals surface area contributed by atoms with Crippen LogP contribution in [0.3, 0.4) is 0 Å². The van der Waals surface area contributed by atoms with Crippen molar-refractivity contribution in [3.63, 3.8) is 0 Å². The Balaban J connectivity index is 2.65. The molecule has 3 N–H and O–H groups in total. The number of ether oxygens (including phenoxy) is 2. The molecule has 0 bridgehead atoms. The van der Waals surface area contributed by atoms with Crippen LogP contribution in [0, 0.1) is 0 Å². The molecule has 0 heterocycles. The summed E-state index contributed by atoms with van der Waals surface area (Å²) in [6.07, 6.45) is 0. The predicted octanol–water partition coefficient (Wildman–Crippen LogP) is -0.415. The van der Waals surface area contributed by atoms with Gasteiger partial charge in [-0.25, -0.2) is 0 Å². The minimum atomic E-state index is -0.885. The van der Waals surface area contributed by atoms with Crippen molar-refractivity contribution < 1.29 is 23.9 Å². The van der Waals surface area contributed by atoms with Gasteiger partial charge in [0.2, 0.25) is 17.7 Å². The fourth-order valence-corrected chi connectivity index (χ4v) is 2.13. The maximum absolute atomic E-state index is 12.3. The van der Waals surface area contributed by atoms with E-state index >= 15 is 0 Å². The number of methoxy groups -OCH3 is 2. The molecule has 0 saturated heterocycles. The summed E-state index contributed by atoms with van der Waals surface area (Å²) in [6, 6.07) is 7.64. The lowest BCUT2D eigenvalue weighted by molar-refractivity contribution is -0.133. The fraction of sp³-hybridized carbons (Fsp3) is 0.471. The molecule has 0 radical (unpaired) electrons. The summed E-state index contributed by atoms with van der Waals surface area (Å²) in [7, 11) is 2.85. The third kappa shape index (κ3) is 7.77. The fourth-order valence-electron chi connectivity index (χ4n) is 2.13. The first-order valence-electron chi connectivity index (χ1n) is 7.85. The lowest BCUT2D eigenvalue weighted by atomic mass is 10.2. The van der Waals surface area contributed by atoms with Gasteiger partial charge in [0.15, 0.2) is 0 Å². The van der Waals surface area contributed by atoms with Crippen molar-refractivity contribution in [1.82, 2.24) is 16.0 Å². The third-order valence-electron chi connectivity index (χ3n) is 3.30. The Morgan fingerprint density at radius 2 is 1.48 bits per heavy atom. The summed E-state index contributed by atoms with van der Waals surface area (Å²) < 4.78 is 9.93. The Morgan fingerprint density at radius 3 is 2.00 bits per heavy atom. The normalized spacial score (nSPS) is 12.8. The van der Waals surface area contributed by atoms with E-state index in [-0.39, 0.29) is 25.0 Å². The summed E-state index contributed by atoms with van der Waals surface area (Å²) in [5.74, 6) is -1.26. The number of rotatable bonds is 10. The molecule has 2 atom stereocenters. The molecule has 138 valence electrons. The van der Waals surface area contributed by atoms with Gasteiger partial charge in [-0.2, -0.15) is 0 Å². The Labute approximate surface area is 147 Å². The van der Waals surface area contributed by atoms with E-state index in [9.17, 15) is 14.4 Å². The van der Waals surface area contributed by atoms with Gasteiger partial charge in [0, 0.05) is 27.7 Å². The first kappa shape index (κ1) is 20.6. The predicted molar refractivity (Wildman–Crippen MR) is 91.6 cm³/mol. The van der Waals surface area contributed by atoms with Gasteiger partial charge >= 0.3 is 0 Å². The number of carbonyl (C=O) groups is 3. The summed E-state index contributed by atoms with van der Waals surface area (Å²) in [4.78, 5) is 35.8. The Morgan fingerprint density at radius 1 is 0.920 bits per heavy atom. The van der Waals surface area contributed by atoms with Crippen molar-refractivity contribution in [1.29, 1.82) is 0 Å². The first-order valence-corrected chi connectivity index (χ1v) is 7.85. The molecule has 0 aliphatic rings. The van der Waals surface area contributed by atoms with E-state index in [0.717, 1.165) is 5.56 Å². The van der Waals surface area contributed by atoms with Crippen LogP contribution in [-0.4, -0.2) is 57.2 Å². The smallest absolute Gasteiger partial charge is 0.245 e. The number of benzene rings is 1. The third-order valence-corrected chi connectivity index (χ3v) is 3.30. The van der Waals surface area contributed by atoms with Gasteiger partial charge in [-0.05, 0) is 5.56 Å². The highest BCUT2D eigenvalue weighted by Gasteiger charge is 2.26. The van der Waals surface area contributed by atoms with Crippen molar-refractivity contribution in [3.8, 4) is 0 Å². The SMILES string of the molecule is COC[C@H](NC(C)=O)C(=O)N[C@H](COC)C(=O)NCc1ccccc1. The van der Waals surface area contributed by atoms with Gasteiger partial charge in [0.05, 0.1) is 13.2 Å². The van der Waals surface area contributed by atoms with Crippen molar-refractivity contribution >= 4 is 17.7 Å². The monoisotopic (exact) mass is 351 g/mol. The van der Waals surface area contributed by atoms with E-state index in [1.165, 1.54) is 21.1 Å².